The molecule has 0 bridgehead atoms. The largest absolute Gasteiger partial charge is 0.497 e. The van der Waals surface area contributed by atoms with Gasteiger partial charge in [0.05, 0.1) is 20.1 Å². The molecule has 2 aromatic rings. The Morgan fingerprint density at radius 3 is 2.24 bits per heavy atom. The highest BCUT2D eigenvalue weighted by Crippen LogP contribution is 2.17. The van der Waals surface area contributed by atoms with Gasteiger partial charge in [0.1, 0.15) is 11.8 Å². The molecule has 2 aromatic carbocycles. The minimum absolute atomic E-state index is 0.141. The number of ether oxygens (including phenoxy) is 2. The van der Waals surface area contributed by atoms with E-state index in [-0.39, 0.29) is 18.2 Å². The number of methoxy groups -OCH3 is 2. The molecule has 156 valence electrons. The lowest BCUT2D eigenvalue weighted by Crippen LogP contribution is -2.48. The van der Waals surface area contributed by atoms with Crippen molar-refractivity contribution < 1.29 is 19.1 Å². The average molecular weight is 419 g/mol. The number of carbonyl (C=O) groups is 2. The second-order valence-corrected chi connectivity index (χ2v) is 7.07. The molecule has 0 aromatic heterocycles. The van der Waals surface area contributed by atoms with Crippen molar-refractivity contribution in [2.24, 2.45) is 0 Å². The second kappa shape index (κ2) is 11.4. The lowest BCUT2D eigenvalue weighted by molar-refractivity contribution is -0.140. The standard InChI is InChI=1S/C22H27ClN2O4/c1-16(22(27)24-12-13-28-2)25(15-18-6-10-20(29-3)11-7-18)21(26)14-17-4-8-19(23)9-5-17/h4-11,16H,12-15H2,1-3H3,(H,24,27)/t16-/m1/s1. The monoisotopic (exact) mass is 418 g/mol. The van der Waals surface area contributed by atoms with E-state index in [1.807, 2.05) is 36.4 Å². The minimum atomic E-state index is -0.631. The van der Waals surface area contributed by atoms with Crippen molar-refractivity contribution in [2.75, 3.05) is 27.4 Å². The number of amides is 2. The number of hydrogen-bond acceptors (Lipinski definition) is 4. The molecule has 0 radical (unpaired) electrons. The Balaban J connectivity index is 2.16. The molecule has 1 atom stereocenters. The van der Waals surface area contributed by atoms with Crippen LogP contribution < -0.4 is 10.1 Å². The Bertz CT molecular complexity index is 793. The predicted molar refractivity (Wildman–Crippen MR) is 113 cm³/mol. The van der Waals surface area contributed by atoms with E-state index in [4.69, 9.17) is 21.1 Å². The van der Waals surface area contributed by atoms with Gasteiger partial charge in [-0.3, -0.25) is 9.59 Å². The number of nitrogens with one attached hydrogen (secondary N) is 1. The maximum atomic E-state index is 13.1. The highest BCUT2D eigenvalue weighted by molar-refractivity contribution is 6.30. The SMILES string of the molecule is COCCNC(=O)[C@@H](C)N(Cc1ccc(OC)cc1)C(=O)Cc1ccc(Cl)cc1. The molecule has 2 amide bonds. The van der Waals surface area contributed by atoms with E-state index in [2.05, 4.69) is 5.32 Å². The van der Waals surface area contributed by atoms with Gasteiger partial charge in [-0.05, 0) is 42.3 Å². The zero-order valence-electron chi connectivity index (χ0n) is 17.0. The number of halogens is 1. The molecule has 7 heteroatoms. The Morgan fingerprint density at radius 2 is 1.66 bits per heavy atom. The second-order valence-electron chi connectivity index (χ2n) is 6.63. The summed E-state index contributed by atoms with van der Waals surface area (Å²) in [6.07, 6.45) is 0.184. The molecule has 0 unspecified atom stereocenters. The molecular formula is C22H27ClN2O4. The van der Waals surface area contributed by atoms with Gasteiger partial charge in [-0.1, -0.05) is 35.9 Å². The smallest absolute Gasteiger partial charge is 0.242 e. The lowest BCUT2D eigenvalue weighted by atomic mass is 10.1. The summed E-state index contributed by atoms with van der Waals surface area (Å²) in [5, 5.41) is 3.41. The first-order valence-electron chi connectivity index (χ1n) is 9.38. The van der Waals surface area contributed by atoms with Crippen LogP contribution in [0.2, 0.25) is 5.02 Å². The van der Waals surface area contributed by atoms with Crippen LogP contribution in [0.25, 0.3) is 0 Å². The third-order valence-corrected chi connectivity index (χ3v) is 4.81. The van der Waals surface area contributed by atoms with Gasteiger partial charge >= 0.3 is 0 Å². The predicted octanol–water partition coefficient (Wildman–Crippen LogP) is 3.07. The summed E-state index contributed by atoms with van der Waals surface area (Å²) in [7, 11) is 3.17. The van der Waals surface area contributed by atoms with Crippen LogP contribution in [0.4, 0.5) is 0 Å². The third kappa shape index (κ3) is 7.07. The Kier molecular flexibility index (Phi) is 8.96. The summed E-state index contributed by atoms with van der Waals surface area (Å²) in [5.74, 6) is 0.371. The summed E-state index contributed by atoms with van der Waals surface area (Å²) in [6.45, 7) is 2.85. The highest BCUT2D eigenvalue weighted by Gasteiger charge is 2.26. The van der Waals surface area contributed by atoms with Gasteiger partial charge in [0.15, 0.2) is 0 Å². The molecule has 2 rings (SSSR count). The van der Waals surface area contributed by atoms with Crippen molar-refractivity contribution in [3.8, 4) is 5.75 Å². The molecule has 0 aliphatic heterocycles. The number of benzene rings is 2. The maximum Gasteiger partial charge on any atom is 0.242 e. The van der Waals surface area contributed by atoms with E-state index < -0.39 is 6.04 Å². The summed E-state index contributed by atoms with van der Waals surface area (Å²) in [5.41, 5.74) is 1.75. The fraction of sp³-hybridized carbons (Fsp3) is 0.364. The zero-order chi connectivity index (χ0) is 21.2. The van der Waals surface area contributed by atoms with E-state index in [0.29, 0.717) is 24.7 Å². The Morgan fingerprint density at radius 1 is 1.03 bits per heavy atom. The number of rotatable bonds is 10. The third-order valence-electron chi connectivity index (χ3n) is 4.55. The van der Waals surface area contributed by atoms with E-state index in [1.54, 1.807) is 38.2 Å². The molecule has 0 spiro atoms. The first kappa shape index (κ1) is 22.7. The Labute approximate surface area is 176 Å². The molecule has 0 fully saturated rings. The number of hydrogen-bond donors (Lipinski definition) is 1. The van der Waals surface area contributed by atoms with E-state index in [1.165, 1.54) is 0 Å². The van der Waals surface area contributed by atoms with Gasteiger partial charge in [-0.15, -0.1) is 0 Å². The minimum Gasteiger partial charge on any atom is -0.497 e. The van der Waals surface area contributed by atoms with E-state index >= 15 is 0 Å². The maximum absolute atomic E-state index is 13.1. The van der Waals surface area contributed by atoms with Crippen LogP contribution in [0.5, 0.6) is 5.75 Å². The van der Waals surface area contributed by atoms with Crippen LogP contribution in [-0.2, 0) is 27.3 Å². The number of nitrogens with zero attached hydrogens (tertiary/aromatic N) is 1. The topological polar surface area (TPSA) is 67.9 Å². The normalized spacial score (nSPS) is 11.6. The summed E-state index contributed by atoms with van der Waals surface area (Å²) >= 11 is 5.93. The van der Waals surface area contributed by atoms with Crippen LogP contribution in [-0.4, -0.2) is 50.1 Å². The molecule has 0 aliphatic carbocycles. The molecule has 6 nitrogen and oxygen atoms in total. The molecule has 0 saturated heterocycles. The fourth-order valence-electron chi connectivity index (χ4n) is 2.81. The van der Waals surface area contributed by atoms with E-state index in [0.717, 1.165) is 16.9 Å². The quantitative estimate of drug-likeness (QED) is 0.602. The van der Waals surface area contributed by atoms with Crippen LogP contribution >= 0.6 is 11.6 Å². The van der Waals surface area contributed by atoms with Crippen LogP contribution in [0, 0.1) is 0 Å². The van der Waals surface area contributed by atoms with Crippen molar-refractivity contribution >= 4 is 23.4 Å². The summed E-state index contributed by atoms with van der Waals surface area (Å²) in [6, 6.07) is 13.9. The highest BCUT2D eigenvalue weighted by atomic mass is 35.5. The summed E-state index contributed by atoms with van der Waals surface area (Å²) < 4.78 is 10.2. The van der Waals surface area contributed by atoms with Gasteiger partial charge in [0.2, 0.25) is 11.8 Å². The van der Waals surface area contributed by atoms with Crippen LogP contribution in [0.3, 0.4) is 0 Å². The van der Waals surface area contributed by atoms with Crippen molar-refractivity contribution in [3.63, 3.8) is 0 Å². The van der Waals surface area contributed by atoms with Gasteiger partial charge in [-0.2, -0.15) is 0 Å². The molecule has 0 heterocycles. The van der Waals surface area contributed by atoms with Crippen molar-refractivity contribution in [1.82, 2.24) is 10.2 Å². The number of carbonyl (C=O) groups excluding carboxylic acids is 2. The Hall–Kier alpha value is -2.57. The van der Waals surface area contributed by atoms with Crippen molar-refractivity contribution in [1.29, 1.82) is 0 Å². The molecule has 29 heavy (non-hydrogen) atoms. The molecule has 1 N–H and O–H groups in total. The van der Waals surface area contributed by atoms with Gasteiger partial charge in [0.25, 0.3) is 0 Å². The van der Waals surface area contributed by atoms with Gasteiger partial charge < -0.3 is 19.7 Å². The lowest BCUT2D eigenvalue weighted by Gasteiger charge is -2.29. The van der Waals surface area contributed by atoms with Crippen LogP contribution in [0.15, 0.2) is 48.5 Å². The van der Waals surface area contributed by atoms with Gasteiger partial charge in [0, 0.05) is 25.2 Å². The van der Waals surface area contributed by atoms with E-state index in [9.17, 15) is 9.59 Å². The first-order chi connectivity index (χ1) is 13.9. The van der Waals surface area contributed by atoms with Crippen LogP contribution in [0.1, 0.15) is 18.1 Å². The molecule has 0 aliphatic rings. The van der Waals surface area contributed by atoms with Crippen molar-refractivity contribution in [3.05, 3.63) is 64.7 Å². The zero-order valence-corrected chi connectivity index (χ0v) is 17.7. The van der Waals surface area contributed by atoms with Gasteiger partial charge in [-0.25, -0.2) is 0 Å². The molecular weight excluding hydrogens is 392 g/mol. The average Bonchev–Trinajstić information content (AvgIpc) is 2.73. The first-order valence-corrected chi connectivity index (χ1v) is 9.76. The van der Waals surface area contributed by atoms with Crippen molar-refractivity contribution in [2.45, 2.75) is 25.9 Å². The molecule has 0 saturated carbocycles. The summed E-state index contributed by atoms with van der Waals surface area (Å²) in [4.78, 5) is 27.2. The fourth-order valence-corrected chi connectivity index (χ4v) is 2.94.